The average Bonchev–Trinajstić information content (AvgIpc) is 4.05. The monoisotopic (exact) mass is 987 g/mol. The summed E-state index contributed by atoms with van der Waals surface area (Å²) >= 11 is 0. The molecule has 6 rings (SSSR count). The Morgan fingerprint density at radius 1 is 0.574 bits per heavy atom. The van der Waals surface area contributed by atoms with Crippen LogP contribution in [0.5, 0.6) is 0 Å². The summed E-state index contributed by atoms with van der Waals surface area (Å²) in [6.45, 7) is 4.99. The maximum Gasteiger partial charge on any atom is 0.248 e. The minimum atomic E-state index is -0.947. The maximum absolute atomic E-state index is 14.0. The lowest BCUT2D eigenvalue weighted by Crippen LogP contribution is -2.57. The number of amides is 6. The Hall–Kier alpha value is -4.32. The highest BCUT2D eigenvalue weighted by Crippen LogP contribution is 2.32. The Labute approximate surface area is 415 Å². The molecule has 2 fully saturated rings. The summed E-state index contributed by atoms with van der Waals surface area (Å²) in [5.74, 6) is -1.65. The molecule has 6 amide bonds. The summed E-state index contributed by atoms with van der Waals surface area (Å²) < 4.78 is 12.0. The van der Waals surface area contributed by atoms with Crippen molar-refractivity contribution in [3.63, 3.8) is 0 Å². The molecule has 378 valence electrons. The largest absolute Gasteiger partial charge is 0.379 e. The number of rotatable bonds is 23. The molecule has 2 aliphatic carbocycles. The molecule has 2 heterocycles. The van der Waals surface area contributed by atoms with Gasteiger partial charge in [0.05, 0.1) is 37.4 Å². The highest BCUT2D eigenvalue weighted by Gasteiger charge is 2.41. The lowest BCUT2D eigenvalue weighted by Gasteiger charge is -2.32. The van der Waals surface area contributed by atoms with Crippen LogP contribution in [0.25, 0.3) is 0 Å². The number of nitrogens with one attached hydrogen (secondary N) is 6. The van der Waals surface area contributed by atoms with Crippen molar-refractivity contribution in [3.05, 3.63) is 70.8 Å². The quantitative estimate of drug-likeness (QED) is 0.0887. The third-order valence-electron chi connectivity index (χ3n) is 13.8. The zero-order valence-corrected chi connectivity index (χ0v) is 42.0. The predicted molar refractivity (Wildman–Crippen MR) is 266 cm³/mol. The molecule has 0 spiro atoms. The second kappa shape index (κ2) is 28.4. The fourth-order valence-electron chi connectivity index (χ4n) is 9.72. The molecule has 2 aromatic rings. The fourth-order valence-corrected chi connectivity index (χ4v) is 9.72. The molecule has 8 atom stereocenters. The van der Waals surface area contributed by atoms with Crippen LogP contribution in [-0.2, 0) is 51.1 Å². The zero-order chi connectivity index (χ0) is 47.0. The number of nitrogens with zero attached hydrogens (tertiary/aromatic N) is 2. The molecule has 4 aliphatic rings. The number of benzene rings is 2. The number of carbonyl (C=O) groups is 6. The molecule has 68 heavy (non-hydrogen) atoms. The highest BCUT2D eigenvalue weighted by atomic mass is 35.5. The molecule has 6 N–H and O–H groups in total. The van der Waals surface area contributed by atoms with Crippen molar-refractivity contribution in [2.75, 3.05) is 53.6 Å². The SMILES string of the molecule is CN[C@@H](C)C(=O)N[C@@H](COCCCCCCOC[C@H](NC(=O)[C@H](C)NC)C(=O)N1CCC[C@H]1C(=O)N[C@@H]1CCCc2ccccc21)C(=O)N1CCC[C@H]1C(=O)N[C@@H]1CCCc2ccccc21.Cl.Cl. The summed E-state index contributed by atoms with van der Waals surface area (Å²) in [6.07, 6.45) is 11.2. The van der Waals surface area contributed by atoms with E-state index in [1.54, 1.807) is 37.7 Å². The third-order valence-corrected chi connectivity index (χ3v) is 13.8. The molecule has 0 unspecified atom stereocenters. The Balaban J connectivity index is 0.00000504. The Kier molecular flexibility index (Phi) is 23.5. The summed E-state index contributed by atoms with van der Waals surface area (Å²) in [6, 6.07) is 12.0. The van der Waals surface area contributed by atoms with Gasteiger partial charge in [0.25, 0.3) is 0 Å². The van der Waals surface area contributed by atoms with Crippen LogP contribution < -0.4 is 31.9 Å². The van der Waals surface area contributed by atoms with Gasteiger partial charge in [0.2, 0.25) is 35.4 Å². The number of fused-ring (bicyclic) bond motifs is 2. The number of aryl methyl sites for hydroxylation is 2. The third kappa shape index (κ3) is 15.1. The van der Waals surface area contributed by atoms with Gasteiger partial charge in [-0.3, -0.25) is 28.8 Å². The van der Waals surface area contributed by atoms with Gasteiger partial charge in [-0.1, -0.05) is 61.4 Å². The first-order chi connectivity index (χ1) is 32.0. The number of likely N-dealkylation sites (N-methyl/N-ethyl adjacent to an activating group) is 2. The number of hydrogen-bond acceptors (Lipinski definition) is 10. The average molecular weight is 988 g/mol. The van der Waals surface area contributed by atoms with Crippen molar-refractivity contribution in [3.8, 4) is 0 Å². The minimum Gasteiger partial charge on any atom is -0.379 e. The van der Waals surface area contributed by atoms with Crippen LogP contribution in [0.15, 0.2) is 48.5 Å². The number of halogens is 2. The molecule has 0 aromatic heterocycles. The van der Waals surface area contributed by atoms with Crippen molar-refractivity contribution >= 4 is 60.3 Å². The number of unbranched alkanes of at least 4 members (excludes halogenated alkanes) is 3. The van der Waals surface area contributed by atoms with Gasteiger partial charge >= 0.3 is 0 Å². The van der Waals surface area contributed by atoms with Gasteiger partial charge in [-0.25, -0.2) is 0 Å². The van der Waals surface area contributed by atoms with E-state index in [-0.39, 0.29) is 85.6 Å². The molecular weight excluding hydrogens is 912 g/mol. The van der Waals surface area contributed by atoms with Crippen LogP contribution in [-0.4, -0.2) is 135 Å². The van der Waals surface area contributed by atoms with Crippen LogP contribution >= 0.6 is 24.8 Å². The van der Waals surface area contributed by atoms with E-state index in [9.17, 15) is 28.8 Å². The van der Waals surface area contributed by atoms with Gasteiger partial charge in [0.1, 0.15) is 24.2 Å². The zero-order valence-electron chi connectivity index (χ0n) is 40.4. The van der Waals surface area contributed by atoms with Crippen LogP contribution in [0.2, 0.25) is 0 Å². The molecule has 18 heteroatoms. The Morgan fingerprint density at radius 3 is 1.37 bits per heavy atom. The summed E-state index contributed by atoms with van der Waals surface area (Å²) in [5, 5.41) is 18.0. The number of hydrogen-bond donors (Lipinski definition) is 6. The van der Waals surface area contributed by atoms with Crippen LogP contribution in [0, 0.1) is 0 Å². The van der Waals surface area contributed by atoms with Crippen LogP contribution in [0.1, 0.15) is 125 Å². The smallest absolute Gasteiger partial charge is 0.248 e. The Bertz CT molecular complexity index is 1840. The van der Waals surface area contributed by atoms with E-state index in [1.165, 1.54) is 11.1 Å². The summed E-state index contributed by atoms with van der Waals surface area (Å²) in [5.41, 5.74) is 4.76. The van der Waals surface area contributed by atoms with E-state index in [1.807, 2.05) is 24.3 Å². The lowest BCUT2D eigenvalue weighted by atomic mass is 9.87. The number of ether oxygens (including phenoxy) is 2. The van der Waals surface area contributed by atoms with E-state index in [0.717, 1.165) is 62.5 Å². The van der Waals surface area contributed by atoms with Gasteiger partial charge in [-0.05, 0) is 127 Å². The van der Waals surface area contributed by atoms with Gasteiger partial charge < -0.3 is 51.2 Å². The first-order valence-electron chi connectivity index (χ1n) is 24.5. The van der Waals surface area contributed by atoms with Crippen molar-refractivity contribution in [2.24, 2.45) is 0 Å². The van der Waals surface area contributed by atoms with Gasteiger partial charge in [0.15, 0.2) is 0 Å². The van der Waals surface area contributed by atoms with Crippen molar-refractivity contribution in [1.29, 1.82) is 0 Å². The fraction of sp³-hybridized carbons (Fsp3) is 0.640. The first-order valence-corrected chi connectivity index (χ1v) is 24.5. The Morgan fingerprint density at radius 2 is 0.971 bits per heavy atom. The molecule has 0 radical (unpaired) electrons. The molecule has 0 saturated carbocycles. The second-order valence-corrected chi connectivity index (χ2v) is 18.4. The standard InChI is InChI=1S/C50H74N8O8.2ClH/c1-33(51-3)45(59)55-41(49(63)57-27-15-25-43(57)47(61)53-39-23-13-19-35-17-7-9-21-37(35)39)31-65-29-11-5-6-12-30-66-32-42(56-46(60)34(2)52-4)50(64)58-28-16-26-44(58)48(62)54-40-24-14-20-36-18-8-10-22-38(36)40;;/h7-10,17-18,21-22,33-34,39-44,51-52H,5-6,11-16,19-20,23-32H2,1-4H3,(H,53,61)(H,54,62)(H,55,59)(H,56,60);2*1H/t33-,34-,39+,40+,41-,42-,43-,44-;;/m0../s1. The molecule has 2 aromatic carbocycles. The van der Waals surface area contributed by atoms with Gasteiger partial charge in [-0.2, -0.15) is 0 Å². The predicted octanol–water partition coefficient (Wildman–Crippen LogP) is 3.98. The van der Waals surface area contributed by atoms with E-state index in [2.05, 4.69) is 56.2 Å². The normalized spacial score (nSPS) is 21.4. The molecule has 0 bridgehead atoms. The number of likely N-dealkylation sites (tertiary alicyclic amines) is 2. The van der Waals surface area contributed by atoms with Crippen molar-refractivity contribution in [2.45, 2.75) is 152 Å². The van der Waals surface area contributed by atoms with Crippen LogP contribution in [0.4, 0.5) is 0 Å². The van der Waals surface area contributed by atoms with E-state index in [4.69, 9.17) is 9.47 Å². The lowest BCUT2D eigenvalue weighted by molar-refractivity contribution is -0.143. The van der Waals surface area contributed by atoms with Gasteiger partial charge in [0, 0.05) is 26.3 Å². The molecule has 16 nitrogen and oxygen atoms in total. The first kappa shape index (κ1) is 56.3. The van der Waals surface area contributed by atoms with Crippen LogP contribution in [0.3, 0.4) is 0 Å². The van der Waals surface area contributed by atoms with Crippen molar-refractivity contribution in [1.82, 2.24) is 41.7 Å². The van der Waals surface area contributed by atoms with E-state index in [0.29, 0.717) is 64.8 Å². The summed E-state index contributed by atoms with van der Waals surface area (Å²) in [4.78, 5) is 84.6. The van der Waals surface area contributed by atoms with Gasteiger partial charge in [-0.15, -0.1) is 24.8 Å². The second-order valence-electron chi connectivity index (χ2n) is 18.4. The van der Waals surface area contributed by atoms with E-state index >= 15 is 0 Å². The topological polar surface area (TPSA) is 200 Å². The highest BCUT2D eigenvalue weighted by molar-refractivity contribution is 5.95. The molecule has 2 saturated heterocycles. The summed E-state index contributed by atoms with van der Waals surface area (Å²) in [7, 11) is 3.36. The maximum atomic E-state index is 14.0. The minimum absolute atomic E-state index is 0. The van der Waals surface area contributed by atoms with Crippen molar-refractivity contribution < 1.29 is 38.2 Å². The molecule has 2 aliphatic heterocycles. The van der Waals surface area contributed by atoms with E-state index < -0.39 is 36.3 Å². The molecular formula is C50H76Cl2N8O8. The number of carbonyl (C=O) groups excluding carboxylic acids is 6.